The maximum Gasteiger partial charge on any atom is 0.277 e. The van der Waals surface area contributed by atoms with Gasteiger partial charge < -0.3 is 20.2 Å². The number of rotatable bonds is 5. The summed E-state index contributed by atoms with van der Waals surface area (Å²) in [4.78, 5) is 52.4. The third kappa shape index (κ3) is 4.61. The first-order valence-electron chi connectivity index (χ1n) is 12.9. The summed E-state index contributed by atoms with van der Waals surface area (Å²) in [6.07, 6.45) is 1.92. The summed E-state index contributed by atoms with van der Waals surface area (Å²) < 4.78 is 0. The Kier molecular flexibility index (Phi) is 6.97. The first-order chi connectivity index (χ1) is 17.7. The maximum absolute atomic E-state index is 13.7. The van der Waals surface area contributed by atoms with Gasteiger partial charge in [0.1, 0.15) is 17.4 Å². The van der Waals surface area contributed by atoms with Crippen LogP contribution in [-0.4, -0.2) is 89.5 Å². The Morgan fingerprint density at radius 1 is 1.24 bits per heavy atom. The van der Waals surface area contributed by atoms with E-state index in [1.54, 1.807) is 35.8 Å². The van der Waals surface area contributed by atoms with Crippen LogP contribution in [0.3, 0.4) is 0 Å². The lowest BCUT2D eigenvalue weighted by Gasteiger charge is -2.38. The normalized spacial score (nSPS) is 27.7. The summed E-state index contributed by atoms with van der Waals surface area (Å²) in [6.45, 7) is 4.48. The molecular formula is C25H31B2N5O4S. The van der Waals surface area contributed by atoms with Gasteiger partial charge in [0, 0.05) is 19.5 Å². The highest BCUT2D eigenvalue weighted by molar-refractivity contribution is 7.13. The molecule has 0 aliphatic carbocycles. The van der Waals surface area contributed by atoms with Crippen molar-refractivity contribution >= 4 is 49.7 Å². The van der Waals surface area contributed by atoms with Gasteiger partial charge in [-0.3, -0.25) is 14.4 Å². The number of β-amino-alcohol motifs (C(OH)–C–C–N with tert-alkyl or cyclic N) is 1. The number of nitrogens with one attached hydrogen (secondary N) is 1. The molecule has 2 N–H and O–H groups in total. The van der Waals surface area contributed by atoms with E-state index in [1.165, 1.54) is 0 Å². The molecule has 5 rings (SSSR count). The SMILES string of the molecule is BBC(=O)N1CCCCC1C(=O)N1C[C@H](O)CC1C1=NC(=O)[C@](C)(c2ccc(-c3scnc3C)cc2)N1. The van der Waals surface area contributed by atoms with Crippen LogP contribution in [0.4, 0.5) is 4.79 Å². The fourth-order valence-electron chi connectivity index (χ4n) is 5.64. The molecule has 0 bridgehead atoms. The number of thiazole rings is 1. The van der Waals surface area contributed by atoms with Gasteiger partial charge in [-0.1, -0.05) is 24.3 Å². The number of piperidine rings is 1. The fraction of sp³-hybridized carbons (Fsp3) is 0.480. The first-order valence-corrected chi connectivity index (χ1v) is 13.8. The predicted molar refractivity (Wildman–Crippen MR) is 147 cm³/mol. The molecule has 2 unspecified atom stereocenters. The van der Waals surface area contributed by atoms with E-state index in [2.05, 4.69) is 15.3 Å². The number of aliphatic hydroxyl groups excluding tert-OH is 1. The number of aromatic nitrogens is 1. The third-order valence-electron chi connectivity index (χ3n) is 7.79. The number of nitrogens with zero attached hydrogens (tertiary/aromatic N) is 4. The van der Waals surface area contributed by atoms with E-state index in [0.29, 0.717) is 32.4 Å². The highest BCUT2D eigenvalue weighted by Gasteiger charge is 2.48. The summed E-state index contributed by atoms with van der Waals surface area (Å²) in [5.41, 5.74) is 3.51. The van der Waals surface area contributed by atoms with Gasteiger partial charge in [-0.05, 0) is 44.2 Å². The van der Waals surface area contributed by atoms with Crippen LogP contribution in [0, 0.1) is 6.92 Å². The van der Waals surface area contributed by atoms with Crippen LogP contribution in [0.2, 0.25) is 0 Å². The summed E-state index contributed by atoms with van der Waals surface area (Å²) in [6, 6.07) is 6.70. The number of aryl methyl sites for hydroxylation is 1. The van der Waals surface area contributed by atoms with Gasteiger partial charge in [0.25, 0.3) is 5.91 Å². The van der Waals surface area contributed by atoms with Crippen molar-refractivity contribution in [3.8, 4) is 10.4 Å². The number of carbonyl (C=O) groups is 3. The minimum absolute atomic E-state index is 0.0367. The zero-order valence-electron chi connectivity index (χ0n) is 21.4. The van der Waals surface area contributed by atoms with E-state index in [0.717, 1.165) is 34.5 Å². The molecule has 1 aromatic heterocycles. The Morgan fingerprint density at radius 3 is 2.68 bits per heavy atom. The maximum atomic E-state index is 13.7. The molecule has 2 fully saturated rings. The number of hydrogen-bond acceptors (Lipinski definition) is 7. The van der Waals surface area contributed by atoms with Crippen LogP contribution in [-0.2, 0) is 15.1 Å². The largest absolute Gasteiger partial charge is 0.391 e. The third-order valence-corrected chi connectivity index (χ3v) is 8.76. The number of amides is 3. The Bertz CT molecular complexity index is 1250. The second-order valence-electron chi connectivity index (χ2n) is 10.2. The Hall–Kier alpha value is -2.98. The Labute approximate surface area is 222 Å². The standard InChI is InChI=1S/C25H31B2N5O4S/c1-14-20(37-13-28-14)15-6-8-16(9-7-15)25(2)23(35)29-21(30-25)19-11-17(33)12-32(19)22(34)18-5-3-4-10-31(18)24(36)27-26/h6-9,13,17-19,27,33H,3-5,10-12,26H2,1-2H3,(H,29,30,35)/t17-,18?,19?,25+/m1/s1. The number of aliphatic hydroxyl groups is 1. The van der Waals surface area contributed by atoms with Gasteiger partial charge in [0.2, 0.25) is 5.91 Å². The van der Waals surface area contributed by atoms with Crippen molar-refractivity contribution in [1.29, 1.82) is 0 Å². The molecule has 2 saturated heterocycles. The average molecular weight is 519 g/mol. The van der Waals surface area contributed by atoms with E-state index in [1.807, 2.05) is 36.7 Å². The predicted octanol–water partition coefficient (Wildman–Crippen LogP) is 0.783. The molecular weight excluding hydrogens is 488 g/mol. The van der Waals surface area contributed by atoms with Crippen molar-refractivity contribution < 1.29 is 19.5 Å². The van der Waals surface area contributed by atoms with E-state index in [-0.39, 0.29) is 24.2 Å². The monoisotopic (exact) mass is 519 g/mol. The van der Waals surface area contributed by atoms with E-state index < -0.39 is 23.7 Å². The zero-order valence-corrected chi connectivity index (χ0v) is 22.3. The van der Waals surface area contributed by atoms with E-state index >= 15 is 0 Å². The second kappa shape index (κ2) is 10.1. The molecule has 1 aromatic carbocycles. The first kappa shape index (κ1) is 25.7. The van der Waals surface area contributed by atoms with Crippen molar-refractivity contribution in [2.45, 2.75) is 63.3 Å². The molecule has 4 heterocycles. The molecule has 3 aliphatic rings. The summed E-state index contributed by atoms with van der Waals surface area (Å²) in [7, 11) is 2.15. The quantitative estimate of drug-likeness (QED) is 0.565. The average Bonchev–Trinajstić information content (AvgIpc) is 3.60. The lowest BCUT2D eigenvalue weighted by atomic mass is 9.54. The van der Waals surface area contributed by atoms with Crippen molar-refractivity contribution in [2.24, 2.45) is 4.99 Å². The van der Waals surface area contributed by atoms with Gasteiger partial charge >= 0.3 is 0 Å². The second-order valence-corrected chi connectivity index (χ2v) is 11.1. The lowest BCUT2D eigenvalue weighted by Crippen LogP contribution is -2.57. The van der Waals surface area contributed by atoms with Crippen molar-refractivity contribution in [3.05, 3.63) is 41.0 Å². The molecule has 12 heteroatoms. The Morgan fingerprint density at radius 2 is 2.00 bits per heavy atom. The molecule has 0 spiro atoms. The number of hydrogen-bond donors (Lipinski definition) is 2. The minimum Gasteiger partial charge on any atom is -0.391 e. The molecule has 0 radical (unpaired) electrons. The van der Waals surface area contributed by atoms with Crippen molar-refractivity contribution in [2.75, 3.05) is 13.1 Å². The highest BCUT2D eigenvalue weighted by Crippen LogP contribution is 2.34. The smallest absolute Gasteiger partial charge is 0.277 e. The Balaban J connectivity index is 1.36. The van der Waals surface area contributed by atoms with Crippen LogP contribution in [0.15, 0.2) is 34.8 Å². The van der Waals surface area contributed by atoms with Gasteiger partial charge in [0.05, 0.1) is 36.0 Å². The molecule has 0 saturated carbocycles. The van der Waals surface area contributed by atoms with Crippen molar-refractivity contribution in [3.63, 3.8) is 0 Å². The van der Waals surface area contributed by atoms with Crippen molar-refractivity contribution in [1.82, 2.24) is 20.1 Å². The molecule has 3 amide bonds. The molecule has 37 heavy (non-hydrogen) atoms. The minimum atomic E-state index is -1.08. The van der Waals surface area contributed by atoms with Gasteiger partial charge in [-0.25, -0.2) is 4.98 Å². The number of aliphatic imine (C=N–C) groups is 1. The van der Waals surface area contributed by atoms with Gasteiger partial charge in [-0.15, -0.1) is 11.3 Å². The van der Waals surface area contributed by atoms with Crippen LogP contribution in [0.5, 0.6) is 0 Å². The van der Waals surface area contributed by atoms with Crippen LogP contribution < -0.4 is 5.32 Å². The fourth-order valence-corrected chi connectivity index (χ4v) is 6.46. The van der Waals surface area contributed by atoms with E-state index in [4.69, 9.17) is 0 Å². The number of carbonyl (C=O) groups excluding carboxylic acids is 3. The molecule has 192 valence electrons. The number of likely N-dealkylation sites (tertiary alicyclic amines) is 2. The molecule has 9 nitrogen and oxygen atoms in total. The zero-order chi connectivity index (χ0) is 26.3. The van der Waals surface area contributed by atoms with Gasteiger partial charge in [-0.2, -0.15) is 4.99 Å². The molecule has 2 aromatic rings. The molecule has 3 aliphatic heterocycles. The molecule has 4 atom stereocenters. The van der Waals surface area contributed by atoms with Crippen LogP contribution in [0.25, 0.3) is 10.4 Å². The van der Waals surface area contributed by atoms with Gasteiger partial charge in [0.15, 0.2) is 13.0 Å². The number of benzene rings is 1. The number of amidine groups is 1. The topological polar surface area (TPSA) is 115 Å². The summed E-state index contributed by atoms with van der Waals surface area (Å²) >= 11 is 1.57. The highest BCUT2D eigenvalue weighted by atomic mass is 32.1. The summed E-state index contributed by atoms with van der Waals surface area (Å²) in [5, 5.41) is 13.8. The van der Waals surface area contributed by atoms with E-state index in [9.17, 15) is 19.5 Å². The van der Waals surface area contributed by atoms with Crippen LogP contribution in [0.1, 0.15) is 43.9 Å². The lowest BCUT2D eigenvalue weighted by molar-refractivity contribution is -0.137. The van der Waals surface area contributed by atoms with Crippen LogP contribution >= 0.6 is 11.3 Å². The summed E-state index contributed by atoms with van der Waals surface area (Å²) in [5.74, 6) is -0.161.